The molecule has 11 rings (SSSR count). The molecule has 0 aliphatic heterocycles. The molecule has 0 radical (unpaired) electrons. The lowest BCUT2D eigenvalue weighted by atomic mass is 9.99. The topological polar surface area (TPSA) is 22.8 Å². The zero-order valence-electron chi connectivity index (χ0n) is 32.1. The third-order valence-corrected chi connectivity index (χ3v) is 11.6. The fourth-order valence-electron chi connectivity index (χ4n) is 8.82. The molecule has 0 aliphatic carbocycles. The van der Waals surface area contributed by atoms with Gasteiger partial charge < -0.3 is 9.13 Å². The summed E-state index contributed by atoms with van der Waals surface area (Å²) in [6.45, 7) is 0. The monoisotopic (exact) mass is 781 g/mol. The highest BCUT2D eigenvalue weighted by atomic mass is 19.4. The van der Waals surface area contributed by atoms with E-state index in [9.17, 15) is 0 Å². The number of para-hydroxylation sites is 2. The van der Waals surface area contributed by atoms with Gasteiger partial charge in [0.15, 0.2) is 0 Å². The fourth-order valence-corrected chi connectivity index (χ4v) is 8.82. The molecular formula is C54H34F3N3. The molecule has 0 amide bonds. The number of benzene rings is 8. The number of aromatic nitrogens is 3. The van der Waals surface area contributed by atoms with E-state index in [1.54, 1.807) is 18.2 Å². The minimum Gasteiger partial charge on any atom is -0.307 e. The summed E-state index contributed by atoms with van der Waals surface area (Å²) in [5, 5.41) is 3.89. The third-order valence-electron chi connectivity index (χ3n) is 11.6. The smallest absolute Gasteiger partial charge is 0.307 e. The Balaban J connectivity index is 1.26. The molecule has 0 saturated heterocycles. The van der Waals surface area contributed by atoms with Gasteiger partial charge in [0, 0.05) is 32.7 Å². The predicted molar refractivity (Wildman–Crippen MR) is 240 cm³/mol. The Kier molecular flexibility index (Phi) is 8.27. The van der Waals surface area contributed by atoms with E-state index in [2.05, 4.69) is 65.2 Å². The van der Waals surface area contributed by atoms with Gasteiger partial charge in [0.05, 0.1) is 50.4 Å². The standard InChI is InChI=1S/C54H34F3N3/c55-54(56,57)45-34-53(60-49-26-13-11-22-41(49)43-32-39(28-30-51(43)60)36-17-6-2-7-18-36)52(33-44(45)47-24-14-23-46(58-47)37-19-8-3-9-20-37)59-48-25-12-10-21-40(48)42-31-38(27-29-50(42)59)35-15-4-1-5-16-35/h1-34H. The number of alkyl halides is 3. The van der Waals surface area contributed by atoms with Crippen molar-refractivity contribution in [2.45, 2.75) is 6.18 Å². The van der Waals surface area contributed by atoms with E-state index < -0.39 is 11.7 Å². The van der Waals surface area contributed by atoms with Crippen LogP contribution in [0.5, 0.6) is 0 Å². The first kappa shape index (κ1) is 35.5. The number of hydrogen-bond donors (Lipinski definition) is 0. The minimum absolute atomic E-state index is 0.00185. The minimum atomic E-state index is -4.71. The van der Waals surface area contributed by atoms with Crippen molar-refractivity contribution in [2.24, 2.45) is 0 Å². The number of halogens is 3. The Hall–Kier alpha value is -7.70. The van der Waals surface area contributed by atoms with Crippen molar-refractivity contribution >= 4 is 43.6 Å². The summed E-state index contributed by atoms with van der Waals surface area (Å²) in [6, 6.07) is 66.9. The van der Waals surface area contributed by atoms with Crippen LogP contribution >= 0.6 is 0 Å². The molecule has 0 fully saturated rings. The Bertz CT molecular complexity index is 3400. The zero-order valence-corrected chi connectivity index (χ0v) is 32.1. The van der Waals surface area contributed by atoms with Gasteiger partial charge in [-0.15, -0.1) is 0 Å². The predicted octanol–water partition coefficient (Wildman–Crippen LogP) is 15.0. The van der Waals surface area contributed by atoms with Crippen molar-refractivity contribution in [3.63, 3.8) is 0 Å². The van der Waals surface area contributed by atoms with Crippen molar-refractivity contribution in [1.29, 1.82) is 0 Å². The molecule has 11 aromatic rings. The van der Waals surface area contributed by atoms with Gasteiger partial charge in [-0.1, -0.05) is 146 Å². The number of hydrogen-bond acceptors (Lipinski definition) is 1. The zero-order chi connectivity index (χ0) is 40.4. The molecule has 0 saturated carbocycles. The lowest BCUT2D eigenvalue weighted by Crippen LogP contribution is -2.12. The Morgan fingerprint density at radius 1 is 0.333 bits per heavy atom. The maximum Gasteiger partial charge on any atom is 0.417 e. The Morgan fingerprint density at radius 2 is 0.767 bits per heavy atom. The average molecular weight is 782 g/mol. The molecular weight excluding hydrogens is 748 g/mol. The molecule has 3 heterocycles. The second-order valence-electron chi connectivity index (χ2n) is 15.1. The lowest BCUT2D eigenvalue weighted by Gasteiger charge is -2.22. The van der Waals surface area contributed by atoms with Crippen LogP contribution in [0.1, 0.15) is 5.56 Å². The summed E-state index contributed by atoms with van der Waals surface area (Å²) in [5.74, 6) is 0. The second-order valence-corrected chi connectivity index (χ2v) is 15.1. The molecule has 60 heavy (non-hydrogen) atoms. The van der Waals surface area contributed by atoms with Crippen LogP contribution in [0, 0.1) is 0 Å². The third kappa shape index (κ3) is 5.87. The molecule has 8 aromatic carbocycles. The SMILES string of the molecule is FC(F)(F)c1cc(-n2c3ccccc3c3cc(-c4ccccc4)ccc32)c(-n2c3ccccc3c3cc(-c4ccccc4)ccc32)cc1-c1cccc(-c2ccccc2)n1. The number of nitrogens with zero attached hydrogens (tertiary/aromatic N) is 3. The molecule has 286 valence electrons. The van der Waals surface area contributed by atoms with Crippen molar-refractivity contribution in [3.8, 4) is 56.1 Å². The van der Waals surface area contributed by atoms with Crippen molar-refractivity contribution in [2.75, 3.05) is 0 Å². The molecule has 0 N–H and O–H groups in total. The van der Waals surface area contributed by atoms with E-state index in [1.807, 2.05) is 126 Å². The van der Waals surface area contributed by atoms with E-state index >= 15 is 13.2 Å². The van der Waals surface area contributed by atoms with Gasteiger partial charge in [-0.3, -0.25) is 0 Å². The van der Waals surface area contributed by atoms with Gasteiger partial charge >= 0.3 is 6.18 Å². The molecule has 0 spiro atoms. The molecule has 0 unspecified atom stereocenters. The number of fused-ring (bicyclic) bond motifs is 6. The molecule has 3 nitrogen and oxygen atoms in total. The highest BCUT2D eigenvalue weighted by Crippen LogP contribution is 2.45. The van der Waals surface area contributed by atoms with Crippen molar-refractivity contribution in [1.82, 2.24) is 14.1 Å². The van der Waals surface area contributed by atoms with Crippen molar-refractivity contribution in [3.05, 3.63) is 212 Å². The average Bonchev–Trinajstić information content (AvgIpc) is 3.81. The first-order chi connectivity index (χ1) is 29.4. The van der Waals surface area contributed by atoms with Crippen LogP contribution in [0.25, 0.3) is 99.8 Å². The Morgan fingerprint density at radius 3 is 1.28 bits per heavy atom. The maximum atomic E-state index is 15.8. The largest absolute Gasteiger partial charge is 0.417 e. The summed E-state index contributed by atoms with van der Waals surface area (Å²) in [7, 11) is 0. The summed E-state index contributed by atoms with van der Waals surface area (Å²) in [5.41, 5.74) is 9.46. The van der Waals surface area contributed by atoms with Crippen LogP contribution in [0.2, 0.25) is 0 Å². The quantitative estimate of drug-likeness (QED) is 0.165. The summed E-state index contributed by atoms with van der Waals surface area (Å²) >= 11 is 0. The Labute approximate surface area is 343 Å². The lowest BCUT2D eigenvalue weighted by molar-refractivity contribution is -0.137. The normalized spacial score (nSPS) is 11.9. The fraction of sp³-hybridized carbons (Fsp3) is 0.0185. The van der Waals surface area contributed by atoms with Crippen LogP contribution in [-0.2, 0) is 6.18 Å². The van der Waals surface area contributed by atoms with E-state index in [0.29, 0.717) is 17.1 Å². The molecule has 0 aliphatic rings. The van der Waals surface area contributed by atoms with Gasteiger partial charge in [0.2, 0.25) is 0 Å². The summed E-state index contributed by atoms with van der Waals surface area (Å²) in [4.78, 5) is 4.89. The van der Waals surface area contributed by atoms with Crippen LogP contribution < -0.4 is 0 Å². The first-order valence-corrected chi connectivity index (χ1v) is 19.9. The first-order valence-electron chi connectivity index (χ1n) is 19.9. The van der Waals surface area contributed by atoms with E-state index in [1.165, 1.54) is 6.07 Å². The van der Waals surface area contributed by atoms with Gasteiger partial charge in [0.25, 0.3) is 0 Å². The van der Waals surface area contributed by atoms with Crippen LogP contribution in [0.15, 0.2) is 206 Å². The van der Waals surface area contributed by atoms with Gasteiger partial charge in [0.1, 0.15) is 0 Å². The molecule has 3 aromatic heterocycles. The van der Waals surface area contributed by atoms with Crippen molar-refractivity contribution < 1.29 is 13.2 Å². The van der Waals surface area contributed by atoms with Gasteiger partial charge in [-0.05, 0) is 82.9 Å². The molecule has 0 atom stereocenters. The van der Waals surface area contributed by atoms with Gasteiger partial charge in [-0.25, -0.2) is 4.98 Å². The highest BCUT2D eigenvalue weighted by molar-refractivity contribution is 6.13. The van der Waals surface area contributed by atoms with Gasteiger partial charge in [-0.2, -0.15) is 13.2 Å². The van der Waals surface area contributed by atoms with E-state index in [-0.39, 0.29) is 11.3 Å². The molecule has 6 heteroatoms. The molecule has 0 bridgehead atoms. The van der Waals surface area contributed by atoms with Crippen LogP contribution in [0.4, 0.5) is 13.2 Å². The summed E-state index contributed by atoms with van der Waals surface area (Å²) in [6.07, 6.45) is -4.71. The number of pyridine rings is 1. The van der Waals surface area contributed by atoms with Crippen LogP contribution in [0.3, 0.4) is 0 Å². The maximum absolute atomic E-state index is 15.8. The van der Waals surface area contributed by atoms with Crippen LogP contribution in [-0.4, -0.2) is 14.1 Å². The highest BCUT2D eigenvalue weighted by Gasteiger charge is 2.36. The number of rotatable bonds is 6. The van der Waals surface area contributed by atoms with E-state index in [0.717, 1.165) is 71.4 Å². The second kappa shape index (κ2) is 14.0. The summed E-state index contributed by atoms with van der Waals surface area (Å²) < 4.78 is 51.5. The van der Waals surface area contributed by atoms with E-state index in [4.69, 9.17) is 4.98 Å².